The molecule has 0 aliphatic heterocycles. The summed E-state index contributed by atoms with van der Waals surface area (Å²) in [6.45, 7) is 0. The third kappa shape index (κ3) is 3.12. The lowest BCUT2D eigenvalue weighted by atomic mass is 9.97. The highest BCUT2D eigenvalue weighted by atomic mass is 127. The second kappa shape index (κ2) is 6.68. The number of hydrogen-bond donors (Lipinski definition) is 0. The summed E-state index contributed by atoms with van der Waals surface area (Å²) in [6, 6.07) is 11.6. The maximum atomic E-state index is 13.0. The summed E-state index contributed by atoms with van der Waals surface area (Å²) >= 11 is 2.23. The lowest BCUT2D eigenvalue weighted by Gasteiger charge is -2.18. The van der Waals surface area contributed by atoms with Gasteiger partial charge >= 0.3 is 5.97 Å². The molecule has 0 heterocycles. The monoisotopic (exact) mass is 454 g/mol. The van der Waals surface area contributed by atoms with E-state index in [0.29, 0.717) is 16.9 Å². The number of esters is 1. The van der Waals surface area contributed by atoms with E-state index in [-0.39, 0.29) is 4.90 Å². The number of halogens is 1. The molecule has 0 aromatic heterocycles. The van der Waals surface area contributed by atoms with Crippen LogP contribution in [0.4, 0.5) is 0 Å². The van der Waals surface area contributed by atoms with Crippen molar-refractivity contribution in [2.24, 2.45) is 0 Å². The first-order valence-electron chi connectivity index (χ1n) is 7.36. The van der Waals surface area contributed by atoms with Crippen molar-refractivity contribution in [3.05, 3.63) is 68.8 Å². The molecule has 2 aromatic rings. The summed E-state index contributed by atoms with van der Waals surface area (Å²) in [4.78, 5) is 12.0. The van der Waals surface area contributed by atoms with Gasteiger partial charge in [-0.05, 0) is 83.0 Å². The summed E-state index contributed by atoms with van der Waals surface area (Å²) in [7, 11) is -2.34. The van der Waals surface area contributed by atoms with Crippen LogP contribution < -0.4 is 0 Å². The van der Waals surface area contributed by atoms with Crippen LogP contribution in [0.25, 0.3) is 4.91 Å². The topological polar surface area (TPSA) is 60.4 Å². The molecule has 0 spiro atoms. The number of methoxy groups -OCH3 is 1. The second-order valence-electron chi connectivity index (χ2n) is 5.43. The zero-order chi connectivity index (χ0) is 17.3. The number of sulfone groups is 1. The van der Waals surface area contributed by atoms with Crippen LogP contribution in [0.3, 0.4) is 0 Å². The molecule has 0 atom stereocenters. The molecule has 0 saturated carbocycles. The van der Waals surface area contributed by atoms with Crippen molar-refractivity contribution in [2.75, 3.05) is 7.11 Å². The molecule has 1 aliphatic rings. The molecule has 1 aliphatic carbocycles. The van der Waals surface area contributed by atoms with Crippen molar-refractivity contribution in [1.82, 2.24) is 0 Å². The first-order chi connectivity index (χ1) is 11.4. The number of aryl methyl sites for hydroxylation is 1. The van der Waals surface area contributed by atoms with Crippen LogP contribution in [0, 0.1) is 3.57 Å². The Bertz CT molecular complexity index is 928. The van der Waals surface area contributed by atoms with Crippen molar-refractivity contribution in [2.45, 2.75) is 17.7 Å². The molecule has 124 valence electrons. The smallest absolute Gasteiger partial charge is 0.337 e. The Morgan fingerprint density at radius 2 is 1.83 bits per heavy atom. The highest BCUT2D eigenvalue weighted by molar-refractivity contribution is 14.1. The molecule has 0 bridgehead atoms. The first-order valence-corrected chi connectivity index (χ1v) is 9.92. The van der Waals surface area contributed by atoms with Gasteiger partial charge < -0.3 is 4.74 Å². The van der Waals surface area contributed by atoms with Gasteiger partial charge in [0.05, 0.1) is 22.5 Å². The van der Waals surface area contributed by atoms with Gasteiger partial charge in [-0.2, -0.15) is 0 Å². The van der Waals surface area contributed by atoms with Crippen LogP contribution in [0.15, 0.2) is 53.4 Å². The van der Waals surface area contributed by atoms with E-state index in [9.17, 15) is 13.2 Å². The predicted octanol–water partition coefficient (Wildman–Crippen LogP) is 3.84. The van der Waals surface area contributed by atoms with Crippen LogP contribution in [0.2, 0.25) is 0 Å². The number of rotatable bonds is 3. The van der Waals surface area contributed by atoms with E-state index in [1.54, 1.807) is 6.08 Å². The summed E-state index contributed by atoms with van der Waals surface area (Å²) < 4.78 is 31.7. The zero-order valence-corrected chi connectivity index (χ0v) is 15.9. The quantitative estimate of drug-likeness (QED) is 0.523. The molecule has 0 amide bonds. The summed E-state index contributed by atoms with van der Waals surface area (Å²) in [5.74, 6) is -0.490. The lowest BCUT2D eigenvalue weighted by molar-refractivity contribution is 0.0600. The fourth-order valence-electron chi connectivity index (χ4n) is 2.75. The SMILES string of the molecule is COC(=O)c1ccc(S(=O)(=O)C2=CCCc3cc(I)ccc32)cc1. The number of benzene rings is 2. The van der Waals surface area contributed by atoms with Crippen LogP contribution in [0.5, 0.6) is 0 Å². The molecular formula is C18H15IO4S. The summed E-state index contributed by atoms with van der Waals surface area (Å²) in [5, 5.41) is 0. The Morgan fingerprint density at radius 1 is 1.12 bits per heavy atom. The minimum absolute atomic E-state index is 0.174. The van der Waals surface area contributed by atoms with E-state index < -0.39 is 15.8 Å². The van der Waals surface area contributed by atoms with Gasteiger partial charge in [-0.1, -0.05) is 12.1 Å². The number of allylic oxidation sites excluding steroid dienone is 1. The van der Waals surface area contributed by atoms with Gasteiger partial charge in [0.25, 0.3) is 0 Å². The van der Waals surface area contributed by atoms with Gasteiger partial charge in [-0.3, -0.25) is 0 Å². The molecule has 0 N–H and O–H groups in total. The van der Waals surface area contributed by atoms with Crippen LogP contribution in [0.1, 0.15) is 27.9 Å². The second-order valence-corrected chi connectivity index (χ2v) is 8.59. The van der Waals surface area contributed by atoms with Crippen molar-refractivity contribution >= 4 is 43.3 Å². The summed E-state index contributed by atoms with van der Waals surface area (Å²) in [5.41, 5.74) is 2.14. The van der Waals surface area contributed by atoms with Crippen LogP contribution in [-0.2, 0) is 21.0 Å². The van der Waals surface area contributed by atoms with Crippen molar-refractivity contribution in [3.63, 3.8) is 0 Å². The molecule has 24 heavy (non-hydrogen) atoms. The molecule has 0 radical (unpaired) electrons. The molecule has 2 aromatic carbocycles. The number of carbonyl (C=O) groups is 1. The maximum Gasteiger partial charge on any atom is 0.337 e. The van der Waals surface area contributed by atoms with E-state index in [0.717, 1.165) is 21.1 Å². The average Bonchev–Trinajstić information content (AvgIpc) is 2.60. The standard InChI is InChI=1S/C18H15IO4S/c1-23-18(20)12-5-8-15(9-6-12)24(21,22)17-4-2-3-13-11-14(19)7-10-16(13)17/h4-11H,2-3H2,1H3. The highest BCUT2D eigenvalue weighted by Crippen LogP contribution is 2.35. The van der Waals surface area contributed by atoms with Gasteiger partial charge in [0.15, 0.2) is 0 Å². The molecule has 0 fully saturated rings. The number of carbonyl (C=O) groups excluding carboxylic acids is 1. The van der Waals surface area contributed by atoms with Crippen LogP contribution in [-0.4, -0.2) is 21.5 Å². The van der Waals surface area contributed by atoms with E-state index in [2.05, 4.69) is 27.3 Å². The van der Waals surface area contributed by atoms with E-state index in [1.165, 1.54) is 31.4 Å². The van der Waals surface area contributed by atoms with Gasteiger partial charge in [-0.15, -0.1) is 0 Å². The Kier molecular flexibility index (Phi) is 4.78. The third-order valence-electron chi connectivity index (χ3n) is 3.95. The number of fused-ring (bicyclic) bond motifs is 1. The van der Waals surface area contributed by atoms with Crippen molar-refractivity contribution in [1.29, 1.82) is 0 Å². The van der Waals surface area contributed by atoms with Gasteiger partial charge in [0, 0.05) is 3.57 Å². The summed E-state index contributed by atoms with van der Waals surface area (Å²) in [6.07, 6.45) is 3.31. The molecule has 6 heteroatoms. The largest absolute Gasteiger partial charge is 0.465 e. The minimum Gasteiger partial charge on any atom is -0.465 e. The maximum absolute atomic E-state index is 13.0. The lowest BCUT2D eigenvalue weighted by Crippen LogP contribution is -2.10. The van der Waals surface area contributed by atoms with Crippen molar-refractivity contribution in [3.8, 4) is 0 Å². The molecule has 4 nitrogen and oxygen atoms in total. The van der Waals surface area contributed by atoms with Crippen LogP contribution >= 0.6 is 22.6 Å². The molecular weight excluding hydrogens is 439 g/mol. The Labute approximate surface area is 154 Å². The van der Waals surface area contributed by atoms with E-state index in [1.807, 2.05) is 18.2 Å². The van der Waals surface area contributed by atoms with Crippen molar-refractivity contribution < 1.29 is 17.9 Å². The van der Waals surface area contributed by atoms with Gasteiger partial charge in [0.2, 0.25) is 9.84 Å². The fourth-order valence-corrected chi connectivity index (χ4v) is 4.88. The molecule has 3 rings (SSSR count). The van der Waals surface area contributed by atoms with Gasteiger partial charge in [0.1, 0.15) is 0 Å². The van der Waals surface area contributed by atoms with E-state index >= 15 is 0 Å². The Hall–Kier alpha value is -1.67. The van der Waals surface area contributed by atoms with E-state index in [4.69, 9.17) is 0 Å². The molecule has 0 unspecified atom stereocenters. The average molecular weight is 454 g/mol. The van der Waals surface area contributed by atoms with Gasteiger partial charge in [-0.25, -0.2) is 13.2 Å². The molecule has 0 saturated heterocycles. The number of ether oxygens (including phenoxy) is 1. The first kappa shape index (κ1) is 17.2. The highest BCUT2D eigenvalue weighted by Gasteiger charge is 2.26. The Morgan fingerprint density at radius 3 is 2.50 bits per heavy atom. The third-order valence-corrected chi connectivity index (χ3v) is 6.48. The fraction of sp³-hybridized carbons (Fsp3) is 0.167. The normalized spacial score (nSPS) is 13.8. The zero-order valence-electron chi connectivity index (χ0n) is 13.0. The number of hydrogen-bond acceptors (Lipinski definition) is 4. The predicted molar refractivity (Wildman–Crippen MR) is 100 cm³/mol. The minimum atomic E-state index is -3.63. The Balaban J connectivity index is 2.03.